The van der Waals surface area contributed by atoms with E-state index in [9.17, 15) is 4.79 Å². The van der Waals surface area contributed by atoms with Crippen LogP contribution in [0.3, 0.4) is 0 Å². The van der Waals surface area contributed by atoms with Crippen LogP contribution in [0.25, 0.3) is 0 Å². The topological polar surface area (TPSA) is 49.8 Å². The lowest BCUT2D eigenvalue weighted by molar-refractivity contribution is -0.139. The van der Waals surface area contributed by atoms with Gasteiger partial charge in [0.2, 0.25) is 0 Å². The summed E-state index contributed by atoms with van der Waals surface area (Å²) in [6, 6.07) is 3.78. The molecule has 0 aliphatic rings. The molecule has 1 rings (SSSR count). The van der Waals surface area contributed by atoms with Crippen LogP contribution in [0.15, 0.2) is 12.1 Å². The first kappa shape index (κ1) is 14.4. The minimum Gasteiger partial charge on any atom is -0.480 e. The van der Waals surface area contributed by atoms with Crippen molar-refractivity contribution in [3.05, 3.63) is 21.3 Å². The minimum absolute atomic E-state index is 0.0000454. The molecule has 0 aromatic carbocycles. The summed E-state index contributed by atoms with van der Waals surface area (Å²) < 4.78 is 5.70. The van der Waals surface area contributed by atoms with Crippen LogP contribution in [0.1, 0.15) is 17.8 Å². The van der Waals surface area contributed by atoms with Gasteiger partial charge in [0.1, 0.15) is 0 Å². The van der Waals surface area contributed by atoms with E-state index in [1.165, 1.54) is 11.3 Å². The van der Waals surface area contributed by atoms with E-state index in [1.54, 1.807) is 7.11 Å². The Morgan fingerprint density at radius 2 is 2.35 bits per heavy atom. The molecule has 0 radical (unpaired) electrons. The molecule has 4 nitrogen and oxygen atoms in total. The minimum atomic E-state index is -0.837. The molecule has 0 fully saturated rings. The summed E-state index contributed by atoms with van der Waals surface area (Å²) in [6.45, 7) is 3.07. The van der Waals surface area contributed by atoms with Crippen LogP contribution in [0.2, 0.25) is 4.34 Å². The van der Waals surface area contributed by atoms with E-state index >= 15 is 0 Å². The summed E-state index contributed by atoms with van der Waals surface area (Å²) in [6.07, 6.45) is 0. The van der Waals surface area contributed by atoms with Crippen molar-refractivity contribution in [3.63, 3.8) is 0 Å². The highest BCUT2D eigenvalue weighted by molar-refractivity contribution is 7.16. The quantitative estimate of drug-likeness (QED) is 0.832. The Morgan fingerprint density at radius 1 is 1.65 bits per heavy atom. The Hall–Kier alpha value is -0.620. The molecule has 1 N–H and O–H groups in total. The van der Waals surface area contributed by atoms with Crippen LogP contribution in [-0.2, 0) is 9.53 Å². The van der Waals surface area contributed by atoms with Gasteiger partial charge in [-0.15, -0.1) is 11.3 Å². The first-order valence-corrected chi connectivity index (χ1v) is 6.44. The van der Waals surface area contributed by atoms with Gasteiger partial charge in [-0.3, -0.25) is 9.69 Å². The number of aliphatic carboxylic acids is 1. The van der Waals surface area contributed by atoms with E-state index in [0.717, 1.165) is 4.88 Å². The molecule has 96 valence electrons. The van der Waals surface area contributed by atoms with Crippen molar-refractivity contribution in [2.75, 3.05) is 26.8 Å². The largest absolute Gasteiger partial charge is 0.480 e. The second-order valence-electron chi connectivity index (χ2n) is 3.67. The summed E-state index contributed by atoms with van der Waals surface area (Å²) >= 11 is 7.35. The number of hydrogen-bond donors (Lipinski definition) is 1. The molecule has 1 unspecified atom stereocenters. The number of carboxylic acid groups (broad SMARTS) is 1. The molecule has 0 bridgehead atoms. The van der Waals surface area contributed by atoms with E-state index in [4.69, 9.17) is 21.4 Å². The number of carbonyl (C=O) groups is 1. The van der Waals surface area contributed by atoms with Gasteiger partial charge in [0.05, 0.1) is 17.5 Å². The van der Waals surface area contributed by atoms with E-state index in [-0.39, 0.29) is 12.6 Å². The number of thiophene rings is 1. The number of ether oxygens (including phenoxy) is 1. The van der Waals surface area contributed by atoms with Crippen LogP contribution in [0.4, 0.5) is 0 Å². The Morgan fingerprint density at radius 3 is 2.82 bits per heavy atom. The van der Waals surface area contributed by atoms with Crippen LogP contribution >= 0.6 is 22.9 Å². The molecule has 0 saturated carbocycles. The Labute approximate surface area is 110 Å². The fraction of sp³-hybridized carbons (Fsp3) is 0.545. The molecule has 0 amide bonds. The number of halogens is 1. The zero-order valence-electron chi connectivity index (χ0n) is 9.85. The van der Waals surface area contributed by atoms with Crippen molar-refractivity contribution in [2.24, 2.45) is 0 Å². The molecular weight excluding hydrogens is 262 g/mol. The first-order chi connectivity index (χ1) is 8.04. The third-order valence-corrected chi connectivity index (χ3v) is 3.88. The molecule has 1 aromatic heterocycles. The van der Waals surface area contributed by atoms with Gasteiger partial charge >= 0.3 is 5.97 Å². The van der Waals surface area contributed by atoms with Gasteiger partial charge < -0.3 is 9.84 Å². The molecule has 1 aromatic rings. The molecule has 6 heteroatoms. The van der Waals surface area contributed by atoms with Crippen molar-refractivity contribution in [3.8, 4) is 0 Å². The predicted molar refractivity (Wildman–Crippen MR) is 68.8 cm³/mol. The third kappa shape index (κ3) is 4.63. The van der Waals surface area contributed by atoms with Gasteiger partial charge in [-0.25, -0.2) is 0 Å². The highest BCUT2D eigenvalue weighted by Crippen LogP contribution is 2.29. The second kappa shape index (κ2) is 6.96. The van der Waals surface area contributed by atoms with Crippen molar-refractivity contribution < 1.29 is 14.6 Å². The maximum absolute atomic E-state index is 10.8. The summed E-state index contributed by atoms with van der Waals surface area (Å²) in [5.74, 6) is -0.837. The number of hydrogen-bond acceptors (Lipinski definition) is 4. The lowest BCUT2D eigenvalue weighted by Gasteiger charge is -2.26. The van der Waals surface area contributed by atoms with Crippen molar-refractivity contribution in [1.29, 1.82) is 0 Å². The monoisotopic (exact) mass is 277 g/mol. The summed E-state index contributed by atoms with van der Waals surface area (Å²) in [5, 5.41) is 8.88. The maximum Gasteiger partial charge on any atom is 0.317 e. The SMILES string of the molecule is COCCN(CC(=O)O)C(C)c1ccc(Cl)s1. The molecule has 0 aliphatic heterocycles. The molecule has 0 spiro atoms. The van der Waals surface area contributed by atoms with Crippen molar-refractivity contribution in [2.45, 2.75) is 13.0 Å². The summed E-state index contributed by atoms with van der Waals surface area (Å²) in [7, 11) is 1.60. The molecule has 0 aliphatic carbocycles. The first-order valence-electron chi connectivity index (χ1n) is 5.24. The highest BCUT2D eigenvalue weighted by Gasteiger charge is 2.19. The maximum atomic E-state index is 10.8. The number of methoxy groups -OCH3 is 1. The highest BCUT2D eigenvalue weighted by atomic mass is 35.5. The Balaban J connectivity index is 2.70. The second-order valence-corrected chi connectivity index (χ2v) is 5.42. The van der Waals surface area contributed by atoms with Crippen LogP contribution in [0.5, 0.6) is 0 Å². The van der Waals surface area contributed by atoms with E-state index in [0.29, 0.717) is 17.5 Å². The smallest absolute Gasteiger partial charge is 0.317 e. The van der Waals surface area contributed by atoms with Gasteiger partial charge in [-0.05, 0) is 19.1 Å². The number of nitrogens with zero attached hydrogens (tertiary/aromatic N) is 1. The lowest BCUT2D eigenvalue weighted by atomic mass is 10.2. The predicted octanol–water partition coefficient (Wildman–Crippen LogP) is 2.50. The van der Waals surface area contributed by atoms with E-state index < -0.39 is 5.97 Å². The standard InChI is InChI=1S/C11H16ClNO3S/c1-8(9-3-4-10(12)17-9)13(5-6-16-2)7-11(14)15/h3-4,8H,5-7H2,1-2H3,(H,14,15). The van der Waals surface area contributed by atoms with E-state index in [2.05, 4.69) is 0 Å². The molecule has 0 saturated heterocycles. The van der Waals surface area contributed by atoms with Crippen LogP contribution < -0.4 is 0 Å². The third-order valence-electron chi connectivity index (χ3n) is 2.47. The molecule has 1 heterocycles. The van der Waals surface area contributed by atoms with Crippen molar-refractivity contribution >= 4 is 28.9 Å². The molecule has 1 atom stereocenters. The molecule has 17 heavy (non-hydrogen) atoms. The average molecular weight is 278 g/mol. The van der Waals surface area contributed by atoms with Gasteiger partial charge in [-0.1, -0.05) is 11.6 Å². The fourth-order valence-electron chi connectivity index (χ4n) is 1.52. The fourth-order valence-corrected chi connectivity index (χ4v) is 2.67. The van der Waals surface area contributed by atoms with Gasteiger partial charge in [0, 0.05) is 24.6 Å². The van der Waals surface area contributed by atoms with E-state index in [1.807, 2.05) is 24.0 Å². The Bertz CT molecular complexity index is 369. The van der Waals surface area contributed by atoms with Crippen molar-refractivity contribution in [1.82, 2.24) is 4.90 Å². The normalized spacial score (nSPS) is 12.9. The van der Waals surface area contributed by atoms with Gasteiger partial charge in [-0.2, -0.15) is 0 Å². The van der Waals surface area contributed by atoms with Crippen LogP contribution in [-0.4, -0.2) is 42.8 Å². The number of carboxylic acids is 1. The van der Waals surface area contributed by atoms with Gasteiger partial charge in [0.15, 0.2) is 0 Å². The lowest BCUT2D eigenvalue weighted by Crippen LogP contribution is -2.34. The number of rotatable bonds is 7. The summed E-state index contributed by atoms with van der Waals surface area (Å²) in [5.41, 5.74) is 0. The summed E-state index contributed by atoms with van der Waals surface area (Å²) in [4.78, 5) is 13.7. The zero-order valence-corrected chi connectivity index (χ0v) is 11.4. The Kier molecular flexibility index (Phi) is 5.91. The zero-order chi connectivity index (χ0) is 12.8. The van der Waals surface area contributed by atoms with Crippen LogP contribution in [0, 0.1) is 0 Å². The molecular formula is C11H16ClNO3S. The van der Waals surface area contributed by atoms with Gasteiger partial charge in [0.25, 0.3) is 0 Å². The average Bonchev–Trinajstić information content (AvgIpc) is 2.69.